The fourth-order valence-electron chi connectivity index (χ4n) is 1.19. The van der Waals surface area contributed by atoms with E-state index in [-0.39, 0.29) is 0 Å². The summed E-state index contributed by atoms with van der Waals surface area (Å²) in [7, 11) is 0. The molecule has 2 aromatic rings. The van der Waals surface area contributed by atoms with E-state index >= 15 is 0 Å². The molecule has 7 heteroatoms. The van der Waals surface area contributed by atoms with Crippen LogP contribution in [0.4, 0.5) is 0 Å². The lowest BCUT2D eigenvalue weighted by molar-refractivity contribution is 0.781. The molecule has 15 heavy (non-hydrogen) atoms. The van der Waals surface area contributed by atoms with Crippen LogP contribution < -0.4 is 5.73 Å². The third-order valence-corrected chi connectivity index (χ3v) is 2.89. The minimum Gasteiger partial charge on any atom is -0.317 e. The van der Waals surface area contributed by atoms with Gasteiger partial charge < -0.3 is 5.73 Å². The van der Waals surface area contributed by atoms with Crippen LogP contribution in [0.1, 0.15) is 17.4 Å². The third-order valence-electron chi connectivity index (χ3n) is 1.93. The Morgan fingerprint density at radius 3 is 2.93 bits per heavy atom. The van der Waals surface area contributed by atoms with E-state index < -0.39 is 6.04 Å². The number of hydrogen-bond acceptors (Lipinski definition) is 4. The lowest BCUT2D eigenvalue weighted by Crippen LogP contribution is -2.14. The van der Waals surface area contributed by atoms with Crippen LogP contribution in [-0.2, 0) is 0 Å². The van der Waals surface area contributed by atoms with Crippen LogP contribution in [0.2, 0.25) is 5.02 Å². The average molecular weight is 289 g/mol. The van der Waals surface area contributed by atoms with E-state index in [4.69, 9.17) is 17.3 Å². The van der Waals surface area contributed by atoms with E-state index in [1.807, 2.05) is 6.07 Å². The van der Waals surface area contributed by atoms with Crippen LogP contribution in [0.25, 0.3) is 0 Å². The standard InChI is InChI=1S/C8H7BrClN5/c9-6-2-1-4(10)3-5(6)7(11)8-12-14-15-13-8/h1-3,7H,11H2,(H,12,13,14,15). The van der Waals surface area contributed by atoms with Gasteiger partial charge in [-0.3, -0.25) is 0 Å². The average Bonchev–Trinajstić information content (AvgIpc) is 2.74. The normalized spacial score (nSPS) is 12.7. The number of aromatic nitrogens is 4. The van der Waals surface area contributed by atoms with E-state index in [0.717, 1.165) is 10.0 Å². The monoisotopic (exact) mass is 287 g/mol. The molecule has 2 rings (SSSR count). The number of hydrogen-bond donors (Lipinski definition) is 2. The molecular weight excluding hydrogens is 281 g/mol. The van der Waals surface area contributed by atoms with Crippen molar-refractivity contribution in [2.45, 2.75) is 6.04 Å². The van der Waals surface area contributed by atoms with Gasteiger partial charge in [0.25, 0.3) is 0 Å². The van der Waals surface area contributed by atoms with Crippen LogP contribution >= 0.6 is 27.5 Å². The number of nitrogens with two attached hydrogens (primary N) is 1. The summed E-state index contributed by atoms with van der Waals surface area (Å²) >= 11 is 9.27. The van der Waals surface area contributed by atoms with Crippen molar-refractivity contribution in [3.05, 3.63) is 39.1 Å². The summed E-state index contributed by atoms with van der Waals surface area (Å²) in [5.41, 5.74) is 6.78. The van der Waals surface area contributed by atoms with Gasteiger partial charge in [-0.05, 0) is 23.8 Å². The van der Waals surface area contributed by atoms with Crippen molar-refractivity contribution in [3.8, 4) is 0 Å². The zero-order valence-corrected chi connectivity index (χ0v) is 9.83. The van der Waals surface area contributed by atoms with Crippen LogP contribution in [0.5, 0.6) is 0 Å². The topological polar surface area (TPSA) is 80.5 Å². The summed E-state index contributed by atoms with van der Waals surface area (Å²) < 4.78 is 0.865. The van der Waals surface area contributed by atoms with Gasteiger partial charge in [-0.25, -0.2) is 0 Å². The van der Waals surface area contributed by atoms with Gasteiger partial charge in [0.15, 0.2) is 5.82 Å². The molecule has 0 fully saturated rings. The van der Waals surface area contributed by atoms with E-state index in [1.54, 1.807) is 12.1 Å². The number of tetrazole rings is 1. The Morgan fingerprint density at radius 2 is 2.27 bits per heavy atom. The fraction of sp³-hybridized carbons (Fsp3) is 0.125. The summed E-state index contributed by atoms with van der Waals surface area (Å²) in [6.45, 7) is 0. The number of rotatable bonds is 2. The van der Waals surface area contributed by atoms with Gasteiger partial charge in [-0.15, -0.1) is 10.2 Å². The summed E-state index contributed by atoms with van der Waals surface area (Å²) in [6.07, 6.45) is 0. The first-order valence-corrected chi connectivity index (χ1v) is 5.29. The fourth-order valence-corrected chi connectivity index (χ4v) is 1.87. The zero-order chi connectivity index (χ0) is 10.8. The Bertz CT molecular complexity index is 458. The Labute approximate surface area is 99.1 Å². The van der Waals surface area contributed by atoms with Crippen LogP contribution in [0.3, 0.4) is 0 Å². The predicted octanol–water partition coefficient (Wildman–Crippen LogP) is 1.66. The minimum atomic E-state index is -0.447. The molecule has 0 saturated heterocycles. The first-order valence-electron chi connectivity index (χ1n) is 4.12. The van der Waals surface area contributed by atoms with Crippen molar-refractivity contribution in [3.63, 3.8) is 0 Å². The van der Waals surface area contributed by atoms with Gasteiger partial charge in [0.1, 0.15) is 0 Å². The van der Waals surface area contributed by atoms with Crippen LogP contribution in [0.15, 0.2) is 22.7 Å². The van der Waals surface area contributed by atoms with Gasteiger partial charge in [-0.2, -0.15) is 5.21 Å². The molecule has 0 saturated carbocycles. The number of aromatic amines is 1. The summed E-state index contributed by atoms with van der Waals surface area (Å²) in [4.78, 5) is 0. The van der Waals surface area contributed by atoms with Crippen LogP contribution in [0, 0.1) is 0 Å². The molecule has 1 atom stereocenters. The highest BCUT2D eigenvalue weighted by molar-refractivity contribution is 9.10. The second kappa shape index (κ2) is 4.26. The molecule has 0 amide bonds. The number of nitrogens with zero attached hydrogens (tertiary/aromatic N) is 3. The number of benzene rings is 1. The number of H-pyrrole nitrogens is 1. The molecule has 1 aromatic heterocycles. The summed E-state index contributed by atoms with van der Waals surface area (Å²) in [5, 5.41) is 14.1. The van der Waals surface area contributed by atoms with Crippen molar-refractivity contribution < 1.29 is 0 Å². The molecule has 1 aromatic carbocycles. The summed E-state index contributed by atoms with van der Waals surface area (Å²) in [5.74, 6) is 0.429. The highest BCUT2D eigenvalue weighted by Gasteiger charge is 2.16. The molecule has 0 aliphatic carbocycles. The molecule has 0 spiro atoms. The minimum absolute atomic E-state index is 0.429. The maximum absolute atomic E-state index is 5.96. The van der Waals surface area contributed by atoms with Gasteiger partial charge in [0.2, 0.25) is 0 Å². The lowest BCUT2D eigenvalue weighted by atomic mass is 10.1. The highest BCUT2D eigenvalue weighted by atomic mass is 79.9. The van der Waals surface area contributed by atoms with Crippen LogP contribution in [-0.4, -0.2) is 20.6 Å². The maximum atomic E-state index is 5.96. The highest BCUT2D eigenvalue weighted by Crippen LogP contribution is 2.27. The largest absolute Gasteiger partial charge is 0.317 e. The first kappa shape index (κ1) is 10.5. The first-order chi connectivity index (χ1) is 7.18. The number of halogens is 2. The Morgan fingerprint density at radius 1 is 1.47 bits per heavy atom. The molecule has 5 nitrogen and oxygen atoms in total. The van der Waals surface area contributed by atoms with E-state index in [0.29, 0.717) is 10.8 Å². The van der Waals surface area contributed by atoms with Crippen molar-refractivity contribution in [2.24, 2.45) is 5.73 Å². The van der Waals surface area contributed by atoms with E-state index in [2.05, 4.69) is 36.6 Å². The van der Waals surface area contributed by atoms with E-state index in [1.165, 1.54) is 0 Å². The molecule has 1 unspecified atom stereocenters. The second-order valence-electron chi connectivity index (χ2n) is 2.91. The van der Waals surface area contributed by atoms with E-state index in [9.17, 15) is 0 Å². The smallest absolute Gasteiger partial charge is 0.195 e. The van der Waals surface area contributed by atoms with Gasteiger partial charge >= 0.3 is 0 Å². The van der Waals surface area contributed by atoms with Crippen molar-refractivity contribution in [1.82, 2.24) is 20.6 Å². The maximum Gasteiger partial charge on any atom is 0.195 e. The van der Waals surface area contributed by atoms with Crippen molar-refractivity contribution >= 4 is 27.5 Å². The SMILES string of the molecule is NC(c1nn[nH]n1)c1cc(Cl)ccc1Br. The molecule has 0 aliphatic rings. The Hall–Kier alpha value is -0.980. The van der Waals surface area contributed by atoms with Gasteiger partial charge in [0.05, 0.1) is 6.04 Å². The summed E-state index contributed by atoms with van der Waals surface area (Å²) in [6, 6.07) is 4.93. The zero-order valence-electron chi connectivity index (χ0n) is 7.48. The Balaban J connectivity index is 2.41. The molecule has 0 bridgehead atoms. The molecule has 1 heterocycles. The predicted molar refractivity (Wildman–Crippen MR) is 59.4 cm³/mol. The molecule has 0 aliphatic heterocycles. The van der Waals surface area contributed by atoms with Crippen molar-refractivity contribution in [1.29, 1.82) is 0 Å². The molecule has 78 valence electrons. The number of nitrogens with one attached hydrogen (secondary N) is 1. The van der Waals surface area contributed by atoms with Gasteiger partial charge in [0, 0.05) is 9.50 Å². The van der Waals surface area contributed by atoms with Crippen molar-refractivity contribution in [2.75, 3.05) is 0 Å². The molecular formula is C8H7BrClN5. The second-order valence-corrected chi connectivity index (χ2v) is 4.20. The lowest BCUT2D eigenvalue weighted by Gasteiger charge is -2.09. The quantitative estimate of drug-likeness (QED) is 0.881. The Kier molecular flexibility index (Phi) is 2.99. The molecule has 0 radical (unpaired) electrons. The third kappa shape index (κ3) is 2.17. The molecule has 3 N–H and O–H groups in total. The van der Waals surface area contributed by atoms with Gasteiger partial charge in [-0.1, -0.05) is 32.7 Å².